The average molecular weight is 360 g/mol. The summed E-state index contributed by atoms with van der Waals surface area (Å²) in [7, 11) is 2.13. The topological polar surface area (TPSA) is 25.2 Å². The first-order chi connectivity index (χ1) is 10.2. The molecule has 0 fully saturated rings. The first-order valence-corrected chi connectivity index (χ1v) is 8.60. The smallest absolute Gasteiger partial charge is 0.0682 e. The van der Waals surface area contributed by atoms with E-state index in [1.165, 1.54) is 32.6 Å². The summed E-state index contributed by atoms with van der Waals surface area (Å²) in [6, 6.07) is 12.7. The molecule has 0 amide bonds. The van der Waals surface area contributed by atoms with Crippen LogP contribution in [0.15, 0.2) is 45.8 Å². The first-order valence-electron chi connectivity index (χ1n) is 6.83. The minimum atomic E-state index is 0.0935. The Balaban J connectivity index is 2.06. The molecule has 2 aromatic carbocycles. The van der Waals surface area contributed by atoms with Gasteiger partial charge in [-0.2, -0.15) is 0 Å². The van der Waals surface area contributed by atoms with E-state index in [1.54, 1.807) is 0 Å². The lowest BCUT2D eigenvalue weighted by Crippen LogP contribution is -1.99. The average Bonchev–Trinajstić information content (AvgIpc) is 2.79. The number of hydrogen-bond acceptors (Lipinski definition) is 2. The molecule has 0 saturated heterocycles. The van der Waals surface area contributed by atoms with Crippen LogP contribution in [0, 0.1) is 0 Å². The summed E-state index contributed by atoms with van der Waals surface area (Å²) in [4.78, 5) is 1.32. The van der Waals surface area contributed by atoms with Gasteiger partial charge in [0.2, 0.25) is 0 Å². The monoisotopic (exact) mass is 359 g/mol. The molecule has 2 nitrogen and oxygen atoms in total. The zero-order chi connectivity index (χ0) is 14.6. The van der Waals surface area contributed by atoms with E-state index in [-0.39, 0.29) is 6.61 Å². The van der Waals surface area contributed by atoms with Crippen LogP contribution in [0.1, 0.15) is 11.1 Å². The molecule has 4 heteroatoms. The quantitative estimate of drug-likeness (QED) is 0.680. The van der Waals surface area contributed by atoms with E-state index in [2.05, 4.69) is 57.9 Å². The molecule has 1 N–H and O–H groups in total. The molecular formula is C17H14BrNOS. The van der Waals surface area contributed by atoms with Gasteiger partial charge in [0.1, 0.15) is 0 Å². The maximum atomic E-state index is 9.38. The number of aliphatic hydroxyl groups is 1. The lowest BCUT2D eigenvalue weighted by Gasteiger charge is -2.18. The molecule has 4 rings (SSSR count). The molecule has 1 aromatic heterocycles. The van der Waals surface area contributed by atoms with Crippen molar-refractivity contribution in [2.24, 2.45) is 7.05 Å². The summed E-state index contributed by atoms with van der Waals surface area (Å²) in [6.45, 7) is 0.0935. The predicted molar refractivity (Wildman–Crippen MR) is 91.5 cm³/mol. The Hall–Kier alpha value is -1.23. The van der Waals surface area contributed by atoms with Crippen LogP contribution in [-0.2, 0) is 19.4 Å². The van der Waals surface area contributed by atoms with E-state index in [9.17, 15) is 5.11 Å². The molecule has 0 aliphatic carbocycles. The lowest BCUT2D eigenvalue weighted by molar-refractivity contribution is 0.282. The Morgan fingerprint density at radius 3 is 2.90 bits per heavy atom. The van der Waals surface area contributed by atoms with Gasteiger partial charge >= 0.3 is 0 Å². The Morgan fingerprint density at radius 2 is 2.10 bits per heavy atom. The number of aromatic nitrogens is 1. The largest absolute Gasteiger partial charge is 0.392 e. The fourth-order valence-electron chi connectivity index (χ4n) is 3.12. The summed E-state index contributed by atoms with van der Waals surface area (Å²) in [5.74, 6) is 0.977. The van der Waals surface area contributed by atoms with Gasteiger partial charge in [0, 0.05) is 38.6 Å². The maximum absolute atomic E-state index is 9.38. The molecular weight excluding hydrogens is 346 g/mol. The van der Waals surface area contributed by atoms with Crippen molar-refractivity contribution in [3.05, 3.63) is 52.0 Å². The molecule has 1 aliphatic rings. The Bertz CT molecular complexity index is 869. The van der Waals surface area contributed by atoms with E-state index in [1.807, 2.05) is 17.8 Å². The third-order valence-corrected chi connectivity index (χ3v) is 5.70. The van der Waals surface area contributed by atoms with Crippen molar-refractivity contribution in [2.45, 2.75) is 17.3 Å². The van der Waals surface area contributed by atoms with Gasteiger partial charge in [0.05, 0.1) is 12.3 Å². The highest BCUT2D eigenvalue weighted by Gasteiger charge is 2.23. The van der Waals surface area contributed by atoms with Crippen LogP contribution in [0.25, 0.3) is 22.2 Å². The number of aliphatic hydroxyl groups excluding tert-OH is 1. The summed E-state index contributed by atoms with van der Waals surface area (Å²) in [5.41, 5.74) is 6.19. The van der Waals surface area contributed by atoms with Gasteiger partial charge in [-0.05, 0) is 35.4 Å². The SMILES string of the molecule is Cn1c2c(c3cc(CO)ccc31)CSc1cc(Br)ccc1-2. The molecule has 0 radical (unpaired) electrons. The third-order valence-electron chi connectivity index (χ3n) is 4.12. The van der Waals surface area contributed by atoms with Crippen molar-refractivity contribution in [3.8, 4) is 11.3 Å². The van der Waals surface area contributed by atoms with Crippen molar-refractivity contribution >= 4 is 38.6 Å². The summed E-state index contributed by atoms with van der Waals surface area (Å²) >= 11 is 5.44. The molecule has 0 bridgehead atoms. The zero-order valence-electron chi connectivity index (χ0n) is 11.6. The second-order valence-corrected chi connectivity index (χ2v) is 7.26. The molecule has 106 valence electrons. The number of rotatable bonds is 1. The van der Waals surface area contributed by atoms with Gasteiger partial charge in [-0.1, -0.05) is 28.1 Å². The van der Waals surface area contributed by atoms with Crippen LogP contribution < -0.4 is 0 Å². The highest BCUT2D eigenvalue weighted by molar-refractivity contribution is 9.10. The predicted octanol–water partition coefficient (Wildman–Crippen LogP) is 4.71. The standard InChI is InChI=1S/C17H14BrNOS/c1-19-15-5-2-10(8-20)6-13(15)14-9-21-16-7-11(18)3-4-12(16)17(14)19/h2-7,20H,8-9H2,1H3. The summed E-state index contributed by atoms with van der Waals surface area (Å²) < 4.78 is 3.40. The number of halogens is 1. The number of thioether (sulfide) groups is 1. The second kappa shape index (κ2) is 4.90. The van der Waals surface area contributed by atoms with Crippen LogP contribution in [-0.4, -0.2) is 9.67 Å². The van der Waals surface area contributed by atoms with Crippen LogP contribution in [0.5, 0.6) is 0 Å². The zero-order valence-corrected chi connectivity index (χ0v) is 14.0. The number of aryl methyl sites for hydroxylation is 1. The van der Waals surface area contributed by atoms with Gasteiger partial charge in [0.25, 0.3) is 0 Å². The van der Waals surface area contributed by atoms with Gasteiger partial charge in [0.15, 0.2) is 0 Å². The van der Waals surface area contributed by atoms with Gasteiger partial charge in [-0.15, -0.1) is 11.8 Å². The van der Waals surface area contributed by atoms with Gasteiger partial charge in [-0.25, -0.2) is 0 Å². The Kier molecular flexibility index (Phi) is 3.14. The van der Waals surface area contributed by atoms with Crippen LogP contribution >= 0.6 is 27.7 Å². The van der Waals surface area contributed by atoms with Crippen molar-refractivity contribution in [3.63, 3.8) is 0 Å². The first kappa shape index (κ1) is 13.4. The molecule has 0 saturated carbocycles. The Morgan fingerprint density at radius 1 is 1.24 bits per heavy atom. The van der Waals surface area contributed by atoms with Crippen molar-refractivity contribution in [1.82, 2.24) is 4.57 Å². The lowest BCUT2D eigenvalue weighted by atomic mass is 10.0. The number of hydrogen-bond donors (Lipinski definition) is 1. The Labute approximate surface area is 135 Å². The van der Waals surface area contributed by atoms with E-state index in [0.29, 0.717) is 0 Å². The minimum Gasteiger partial charge on any atom is -0.392 e. The highest BCUT2D eigenvalue weighted by atomic mass is 79.9. The van der Waals surface area contributed by atoms with E-state index in [0.717, 1.165) is 15.8 Å². The van der Waals surface area contributed by atoms with Crippen LogP contribution in [0.2, 0.25) is 0 Å². The van der Waals surface area contributed by atoms with Crippen molar-refractivity contribution in [2.75, 3.05) is 0 Å². The molecule has 3 aromatic rings. The van der Waals surface area contributed by atoms with Crippen molar-refractivity contribution < 1.29 is 5.11 Å². The molecule has 1 aliphatic heterocycles. The third kappa shape index (κ3) is 1.97. The van der Waals surface area contributed by atoms with E-state index in [4.69, 9.17) is 0 Å². The maximum Gasteiger partial charge on any atom is 0.0682 e. The summed E-state index contributed by atoms with van der Waals surface area (Å²) in [6.07, 6.45) is 0. The molecule has 21 heavy (non-hydrogen) atoms. The van der Waals surface area contributed by atoms with Crippen LogP contribution in [0.4, 0.5) is 0 Å². The second-order valence-electron chi connectivity index (χ2n) is 5.32. The van der Waals surface area contributed by atoms with Gasteiger partial charge in [-0.3, -0.25) is 0 Å². The molecule has 0 spiro atoms. The number of fused-ring (bicyclic) bond motifs is 5. The summed E-state index contributed by atoms with van der Waals surface area (Å²) in [5, 5.41) is 10.6. The molecule has 0 unspecified atom stereocenters. The molecule has 0 atom stereocenters. The fraction of sp³-hybridized carbons (Fsp3) is 0.176. The molecule has 2 heterocycles. The van der Waals surface area contributed by atoms with Gasteiger partial charge < -0.3 is 9.67 Å². The van der Waals surface area contributed by atoms with Crippen molar-refractivity contribution in [1.29, 1.82) is 0 Å². The fourth-order valence-corrected chi connectivity index (χ4v) is 4.75. The number of benzene rings is 2. The van der Waals surface area contributed by atoms with Crippen LogP contribution in [0.3, 0.4) is 0 Å². The highest BCUT2D eigenvalue weighted by Crippen LogP contribution is 2.46. The van der Waals surface area contributed by atoms with E-state index < -0.39 is 0 Å². The van der Waals surface area contributed by atoms with E-state index >= 15 is 0 Å². The normalized spacial score (nSPS) is 13.3. The minimum absolute atomic E-state index is 0.0935. The number of nitrogens with zero attached hydrogens (tertiary/aromatic N) is 1.